The highest BCUT2D eigenvalue weighted by atomic mass is 31.2. The Hall–Kier alpha value is -2.57. The zero-order valence-electron chi connectivity index (χ0n) is 31.8. The van der Waals surface area contributed by atoms with Gasteiger partial charge in [-0.15, -0.1) is 0 Å². The molecule has 1 aromatic heterocycles. The molecule has 3 saturated heterocycles. The minimum absolute atomic E-state index is 0.0473. The van der Waals surface area contributed by atoms with Crippen molar-refractivity contribution in [2.45, 2.75) is 166 Å². The summed E-state index contributed by atoms with van der Waals surface area (Å²) in [4.78, 5) is 53.9. The number of aliphatic hydroxyl groups excluding tert-OH is 2. The minimum Gasteiger partial charge on any atom is -0.394 e. The van der Waals surface area contributed by atoms with Gasteiger partial charge in [-0.3, -0.25) is 38.6 Å². The van der Waals surface area contributed by atoms with E-state index in [0.717, 1.165) is 24.2 Å². The minimum atomic E-state index is -4.90. The Morgan fingerprint density at radius 1 is 0.909 bits per heavy atom. The smallest absolute Gasteiger partial charge is 0.394 e. The number of ether oxygens (including phenoxy) is 2. The number of urea groups is 1. The third-order valence-corrected chi connectivity index (χ3v) is 11.3. The lowest BCUT2D eigenvalue weighted by Gasteiger charge is -2.34. The number of H-pyrrole nitrogens is 1. The van der Waals surface area contributed by atoms with E-state index in [1.807, 2.05) is 0 Å². The summed E-state index contributed by atoms with van der Waals surface area (Å²) in [5.41, 5.74) is -2.24. The molecule has 5 N–H and O–H groups in total. The molecule has 3 fully saturated rings. The van der Waals surface area contributed by atoms with E-state index in [4.69, 9.17) is 18.5 Å². The van der Waals surface area contributed by atoms with Crippen molar-refractivity contribution in [3.63, 3.8) is 0 Å². The molecule has 0 aromatic carbocycles. The molecule has 2 unspecified atom stereocenters. The summed E-state index contributed by atoms with van der Waals surface area (Å²) < 4.78 is 63.8. The van der Waals surface area contributed by atoms with Gasteiger partial charge in [0.1, 0.15) is 36.6 Å². The molecule has 3 aliphatic rings. The number of nitrogens with zero attached hydrogens (tertiary/aromatic N) is 3. The van der Waals surface area contributed by atoms with Crippen LogP contribution in [0.3, 0.4) is 0 Å². The molecule has 314 valence electrons. The van der Waals surface area contributed by atoms with E-state index in [0.29, 0.717) is 17.3 Å². The summed E-state index contributed by atoms with van der Waals surface area (Å²) >= 11 is 0. The molecule has 4 heterocycles. The first-order valence-electron chi connectivity index (χ1n) is 19.9. The number of nitrogens with one attached hydrogen (secondary N) is 2. The van der Waals surface area contributed by atoms with Gasteiger partial charge in [0.25, 0.3) is 5.56 Å². The van der Waals surface area contributed by atoms with Crippen molar-refractivity contribution >= 4 is 19.7 Å². The SMILES string of the molecule is CCCCCCCCCCCCCCCCCCN=C1NC(=O)N([C@H]2C[C@H](O)[C@@H](COP(=O)(O)O[C@@H]3C[C@@H](n4cc(F)c(=O)[nH]c4=O)O[C@H]3CO)O2)CC1F. The fourth-order valence-corrected chi connectivity index (χ4v) is 8.06. The maximum atomic E-state index is 15.1. The van der Waals surface area contributed by atoms with Gasteiger partial charge in [-0.25, -0.2) is 18.5 Å². The van der Waals surface area contributed by atoms with Gasteiger partial charge in [0, 0.05) is 19.4 Å². The van der Waals surface area contributed by atoms with E-state index in [1.165, 1.54) is 83.5 Å². The van der Waals surface area contributed by atoms with Crippen LogP contribution in [0.2, 0.25) is 0 Å². The number of alkyl halides is 1. The zero-order valence-corrected chi connectivity index (χ0v) is 32.7. The fourth-order valence-electron chi connectivity index (χ4n) is 7.10. The normalized spacial score (nSPS) is 27.5. The first kappa shape index (κ1) is 45.1. The van der Waals surface area contributed by atoms with Gasteiger partial charge in [-0.05, 0) is 6.42 Å². The van der Waals surface area contributed by atoms with E-state index in [1.54, 1.807) is 4.98 Å². The van der Waals surface area contributed by atoms with Gasteiger partial charge in [0.2, 0.25) is 5.82 Å². The summed E-state index contributed by atoms with van der Waals surface area (Å²) in [6, 6.07) is -0.651. The van der Waals surface area contributed by atoms with Gasteiger partial charge in [-0.1, -0.05) is 103 Å². The third-order valence-electron chi connectivity index (χ3n) is 10.3. The van der Waals surface area contributed by atoms with Crippen molar-refractivity contribution in [2.75, 3.05) is 26.3 Å². The van der Waals surface area contributed by atoms with E-state index in [-0.39, 0.29) is 25.2 Å². The van der Waals surface area contributed by atoms with Crippen molar-refractivity contribution in [1.82, 2.24) is 19.8 Å². The molecule has 8 atom stereocenters. The van der Waals surface area contributed by atoms with E-state index in [2.05, 4.69) is 17.2 Å². The summed E-state index contributed by atoms with van der Waals surface area (Å²) in [5, 5.41) is 22.7. The van der Waals surface area contributed by atoms with Gasteiger partial charge < -0.3 is 24.6 Å². The molecule has 0 aliphatic carbocycles. The second kappa shape index (κ2) is 23.0. The number of phosphoric acid groups is 1. The molecule has 0 saturated carbocycles. The lowest BCUT2D eigenvalue weighted by Crippen LogP contribution is -2.59. The number of phosphoric ester groups is 1. The van der Waals surface area contributed by atoms with Crippen LogP contribution < -0.4 is 16.6 Å². The van der Waals surface area contributed by atoms with Crippen LogP contribution in [0, 0.1) is 5.82 Å². The Morgan fingerprint density at radius 2 is 1.49 bits per heavy atom. The molecule has 0 bridgehead atoms. The highest BCUT2D eigenvalue weighted by molar-refractivity contribution is 7.47. The summed E-state index contributed by atoms with van der Waals surface area (Å²) in [5.74, 6) is -1.31. The van der Waals surface area contributed by atoms with Crippen molar-refractivity contribution in [2.24, 2.45) is 4.99 Å². The maximum Gasteiger partial charge on any atom is 0.472 e. The number of carbonyl (C=O) groups is 1. The molecule has 1 aromatic rings. The molecule has 4 rings (SSSR count). The largest absolute Gasteiger partial charge is 0.472 e. The predicted molar refractivity (Wildman–Crippen MR) is 199 cm³/mol. The number of rotatable bonds is 25. The van der Waals surface area contributed by atoms with Crippen LogP contribution in [0.1, 0.15) is 129 Å². The van der Waals surface area contributed by atoms with Crippen LogP contribution in [-0.2, 0) is 23.1 Å². The van der Waals surface area contributed by atoms with E-state index >= 15 is 4.39 Å². The zero-order chi connectivity index (χ0) is 39.8. The Bertz CT molecular complexity index is 1530. The van der Waals surface area contributed by atoms with Crippen molar-refractivity contribution in [3.8, 4) is 0 Å². The number of aromatic nitrogens is 2. The van der Waals surface area contributed by atoms with Crippen molar-refractivity contribution in [3.05, 3.63) is 32.9 Å². The Labute approximate surface area is 320 Å². The summed E-state index contributed by atoms with van der Waals surface area (Å²) in [6.07, 6.45) is 11.3. The molecule has 0 radical (unpaired) electrons. The average Bonchev–Trinajstić information content (AvgIpc) is 3.73. The molecular weight excluding hydrogens is 747 g/mol. The molecule has 2 amide bonds. The number of amidine groups is 1. The van der Waals surface area contributed by atoms with Crippen LogP contribution >= 0.6 is 7.82 Å². The predicted octanol–water partition coefficient (Wildman–Crippen LogP) is 4.96. The monoisotopic (exact) mass is 807 g/mol. The lowest BCUT2D eigenvalue weighted by molar-refractivity contribution is -0.0712. The second-order valence-corrected chi connectivity index (χ2v) is 16.1. The molecular formula is C36H60F2N5O11P. The third kappa shape index (κ3) is 14.4. The van der Waals surface area contributed by atoms with Crippen molar-refractivity contribution < 1.29 is 51.8 Å². The Kier molecular flexibility index (Phi) is 18.9. The number of hydrogen-bond donors (Lipinski definition) is 5. The second-order valence-electron chi connectivity index (χ2n) is 14.7. The summed E-state index contributed by atoms with van der Waals surface area (Å²) in [7, 11) is -4.90. The van der Waals surface area contributed by atoms with Crippen LogP contribution in [0.5, 0.6) is 0 Å². The first-order chi connectivity index (χ1) is 26.4. The van der Waals surface area contributed by atoms with Crippen molar-refractivity contribution in [1.29, 1.82) is 0 Å². The van der Waals surface area contributed by atoms with Crippen LogP contribution in [0.4, 0.5) is 13.6 Å². The number of amides is 2. The quantitative estimate of drug-likeness (QED) is 0.0658. The van der Waals surface area contributed by atoms with Crippen LogP contribution in [0.25, 0.3) is 0 Å². The standard InChI is InChI=1S/C36H60F2N5O11P/c1-2-3-4-5-6-7-8-9-10-11-12-13-14-15-16-17-18-39-33-25(37)21-42(35(47)40-33)31-19-27(45)30(53-31)24-51-55(49,50)54-28-20-32(52-29(28)23-44)43-22-26(38)34(46)41-36(43)48/h22,25,27-32,44-45H,2-21,23-24H2,1H3,(H,49,50)(H,39,40,47)(H,41,46,48)/t25?,27-,28+,29-,30+,31+,32-/m0/s1. The van der Waals surface area contributed by atoms with E-state index in [9.17, 15) is 38.4 Å². The Balaban J connectivity index is 1.10. The topological polar surface area (TPSA) is 214 Å². The Morgan fingerprint density at radius 3 is 2.09 bits per heavy atom. The van der Waals surface area contributed by atoms with Gasteiger partial charge in [0.05, 0.1) is 32.1 Å². The first-order valence-corrected chi connectivity index (χ1v) is 21.4. The molecule has 55 heavy (non-hydrogen) atoms. The number of unbranched alkanes of at least 4 members (excludes halogenated alkanes) is 15. The van der Waals surface area contributed by atoms with Gasteiger partial charge in [-0.2, -0.15) is 4.39 Å². The molecule has 0 spiro atoms. The number of carbonyl (C=O) groups excluding carboxylic acids is 1. The number of hydrogen-bond acceptors (Lipinski definition) is 11. The number of aliphatic hydroxyl groups is 2. The van der Waals surface area contributed by atoms with Gasteiger partial charge in [0.15, 0.2) is 6.17 Å². The number of halogens is 2. The number of aliphatic imine (C=N–C) groups is 1. The number of aromatic amines is 1. The van der Waals surface area contributed by atoms with Crippen LogP contribution in [-0.4, -0.2) is 105 Å². The maximum absolute atomic E-state index is 15.1. The lowest BCUT2D eigenvalue weighted by atomic mass is 10.0. The highest BCUT2D eigenvalue weighted by Crippen LogP contribution is 2.48. The molecule has 19 heteroatoms. The van der Waals surface area contributed by atoms with Gasteiger partial charge >= 0.3 is 19.5 Å². The average molecular weight is 808 g/mol. The van der Waals surface area contributed by atoms with E-state index < -0.39 is 87.2 Å². The fraction of sp³-hybridized carbons (Fsp3) is 0.833. The molecule has 3 aliphatic heterocycles. The van der Waals surface area contributed by atoms with Crippen LogP contribution in [0.15, 0.2) is 20.8 Å². The highest BCUT2D eigenvalue weighted by Gasteiger charge is 2.45. The molecule has 16 nitrogen and oxygen atoms in total. The summed E-state index contributed by atoms with van der Waals surface area (Å²) in [6.45, 7) is 0.927.